The van der Waals surface area contributed by atoms with Crippen molar-refractivity contribution >= 4 is 5.82 Å². The molecule has 0 aromatic carbocycles. The number of anilines is 1. The van der Waals surface area contributed by atoms with Crippen molar-refractivity contribution in [2.75, 3.05) is 31.7 Å². The van der Waals surface area contributed by atoms with Gasteiger partial charge in [-0.3, -0.25) is 0 Å². The molecule has 1 fully saturated rings. The number of rotatable bonds is 5. The molecule has 0 amide bonds. The third-order valence-corrected chi connectivity index (χ3v) is 2.91. The summed E-state index contributed by atoms with van der Waals surface area (Å²) < 4.78 is 11.1. The van der Waals surface area contributed by atoms with Crippen LogP contribution >= 0.6 is 0 Å². The lowest BCUT2D eigenvalue weighted by Crippen LogP contribution is -2.27. The summed E-state index contributed by atoms with van der Waals surface area (Å²) in [7, 11) is 2.02. The van der Waals surface area contributed by atoms with Crippen molar-refractivity contribution in [3.8, 4) is 5.88 Å². The number of nitrogens with zero attached hydrogens (tertiary/aromatic N) is 3. The molecule has 2 heterocycles. The van der Waals surface area contributed by atoms with E-state index in [0.717, 1.165) is 32.0 Å². The van der Waals surface area contributed by atoms with Crippen molar-refractivity contribution in [2.24, 2.45) is 5.92 Å². The van der Waals surface area contributed by atoms with E-state index in [0.29, 0.717) is 11.8 Å². The fourth-order valence-electron chi connectivity index (χ4n) is 2.09. The lowest BCUT2D eigenvalue weighted by molar-refractivity contribution is 0.186. The Morgan fingerprint density at radius 1 is 1.44 bits per heavy atom. The second-order valence-corrected chi connectivity index (χ2v) is 4.96. The molecule has 1 aliphatic rings. The topological polar surface area (TPSA) is 47.5 Å². The zero-order chi connectivity index (χ0) is 13.0. The normalized spacial score (nSPS) is 19.2. The molecule has 1 saturated heterocycles. The van der Waals surface area contributed by atoms with E-state index in [-0.39, 0.29) is 6.10 Å². The van der Waals surface area contributed by atoms with E-state index in [2.05, 4.69) is 14.9 Å². The minimum absolute atomic E-state index is 0.101. The average Bonchev–Trinajstić information content (AvgIpc) is 2.81. The smallest absolute Gasteiger partial charge is 0.257 e. The van der Waals surface area contributed by atoms with Crippen molar-refractivity contribution < 1.29 is 9.47 Å². The van der Waals surface area contributed by atoms with Gasteiger partial charge in [-0.1, -0.05) is 0 Å². The number of hydrogen-bond acceptors (Lipinski definition) is 5. The zero-order valence-corrected chi connectivity index (χ0v) is 11.3. The van der Waals surface area contributed by atoms with Crippen LogP contribution in [0.3, 0.4) is 0 Å². The summed E-state index contributed by atoms with van der Waals surface area (Å²) in [6.07, 6.45) is 4.58. The van der Waals surface area contributed by atoms with Crippen molar-refractivity contribution in [3.05, 3.63) is 12.4 Å². The maximum absolute atomic E-state index is 5.68. The minimum Gasteiger partial charge on any atom is -0.472 e. The molecule has 0 N–H and O–H groups in total. The van der Waals surface area contributed by atoms with Gasteiger partial charge >= 0.3 is 0 Å². The van der Waals surface area contributed by atoms with Crippen LogP contribution in [-0.2, 0) is 4.74 Å². The Morgan fingerprint density at radius 2 is 2.22 bits per heavy atom. The highest BCUT2D eigenvalue weighted by Crippen LogP contribution is 2.24. The summed E-state index contributed by atoms with van der Waals surface area (Å²) in [5, 5.41) is 0. The molecule has 2 rings (SSSR count). The summed E-state index contributed by atoms with van der Waals surface area (Å²) in [6.45, 7) is 6.61. The maximum atomic E-state index is 5.68. The average molecular weight is 251 g/mol. The molecule has 0 aliphatic carbocycles. The summed E-state index contributed by atoms with van der Waals surface area (Å²) in [5.74, 6) is 1.98. The molecular formula is C13H21N3O2. The van der Waals surface area contributed by atoms with E-state index in [1.165, 1.54) is 0 Å². The lowest BCUT2D eigenvalue weighted by atomic mass is 10.1. The second kappa shape index (κ2) is 6.00. The van der Waals surface area contributed by atoms with Crippen LogP contribution < -0.4 is 9.64 Å². The first-order valence-electron chi connectivity index (χ1n) is 6.43. The van der Waals surface area contributed by atoms with Crippen LogP contribution in [0.1, 0.15) is 20.3 Å². The molecule has 1 aromatic rings. The summed E-state index contributed by atoms with van der Waals surface area (Å²) in [6, 6.07) is 0. The highest BCUT2D eigenvalue weighted by atomic mass is 16.5. The molecule has 100 valence electrons. The van der Waals surface area contributed by atoms with Gasteiger partial charge in [-0.15, -0.1) is 0 Å². The molecule has 1 aliphatic heterocycles. The zero-order valence-electron chi connectivity index (χ0n) is 11.3. The predicted octanol–water partition coefficient (Wildman–Crippen LogP) is 1.74. The number of ether oxygens (including phenoxy) is 2. The van der Waals surface area contributed by atoms with E-state index >= 15 is 0 Å². The van der Waals surface area contributed by atoms with Crippen molar-refractivity contribution in [1.29, 1.82) is 0 Å². The van der Waals surface area contributed by atoms with E-state index < -0.39 is 0 Å². The third-order valence-electron chi connectivity index (χ3n) is 2.91. The first kappa shape index (κ1) is 13.1. The van der Waals surface area contributed by atoms with Crippen molar-refractivity contribution in [1.82, 2.24) is 9.97 Å². The van der Waals surface area contributed by atoms with Gasteiger partial charge in [-0.05, 0) is 20.3 Å². The van der Waals surface area contributed by atoms with E-state index in [1.54, 1.807) is 12.4 Å². The standard InChI is InChI=1S/C13H21N3O2/c1-10(2)18-13-12(14-5-6-15-13)16(3)8-11-4-7-17-9-11/h5-6,10-11H,4,7-9H2,1-3H3. The van der Waals surface area contributed by atoms with Gasteiger partial charge in [-0.25, -0.2) is 9.97 Å². The highest BCUT2D eigenvalue weighted by Gasteiger charge is 2.20. The van der Waals surface area contributed by atoms with Crippen LogP contribution in [0, 0.1) is 5.92 Å². The highest BCUT2D eigenvalue weighted by molar-refractivity contribution is 5.47. The van der Waals surface area contributed by atoms with Gasteiger partial charge in [0.05, 0.1) is 12.7 Å². The van der Waals surface area contributed by atoms with Crippen LogP contribution in [0.4, 0.5) is 5.82 Å². The first-order valence-corrected chi connectivity index (χ1v) is 6.43. The van der Waals surface area contributed by atoms with Gasteiger partial charge in [-0.2, -0.15) is 0 Å². The Labute approximate surface area is 108 Å². The molecule has 0 radical (unpaired) electrons. The fraction of sp³-hybridized carbons (Fsp3) is 0.692. The second-order valence-electron chi connectivity index (χ2n) is 4.96. The van der Waals surface area contributed by atoms with Gasteiger partial charge in [0.2, 0.25) is 0 Å². The Kier molecular flexibility index (Phi) is 4.36. The van der Waals surface area contributed by atoms with Gasteiger partial charge in [0.25, 0.3) is 5.88 Å². The predicted molar refractivity (Wildman–Crippen MR) is 70.0 cm³/mol. The Hall–Kier alpha value is -1.36. The van der Waals surface area contributed by atoms with Crippen molar-refractivity contribution in [3.63, 3.8) is 0 Å². The fourth-order valence-corrected chi connectivity index (χ4v) is 2.09. The number of hydrogen-bond donors (Lipinski definition) is 0. The van der Waals surface area contributed by atoms with Gasteiger partial charge < -0.3 is 14.4 Å². The molecule has 0 saturated carbocycles. The third kappa shape index (κ3) is 3.32. The van der Waals surface area contributed by atoms with Crippen LogP contribution in [0.15, 0.2) is 12.4 Å². The van der Waals surface area contributed by atoms with Crippen LogP contribution in [0.25, 0.3) is 0 Å². The maximum Gasteiger partial charge on any atom is 0.257 e. The molecule has 18 heavy (non-hydrogen) atoms. The molecule has 5 nitrogen and oxygen atoms in total. The summed E-state index contributed by atoms with van der Waals surface area (Å²) in [5.41, 5.74) is 0. The van der Waals surface area contributed by atoms with Crippen LogP contribution in [0.2, 0.25) is 0 Å². The molecule has 0 spiro atoms. The van der Waals surface area contributed by atoms with Gasteiger partial charge in [0, 0.05) is 38.5 Å². The number of aromatic nitrogens is 2. The monoisotopic (exact) mass is 251 g/mol. The summed E-state index contributed by atoms with van der Waals surface area (Å²) in [4.78, 5) is 10.7. The first-order chi connectivity index (χ1) is 8.66. The SMILES string of the molecule is CC(C)Oc1nccnc1N(C)CC1CCOC1. The van der Waals surface area contributed by atoms with E-state index in [4.69, 9.17) is 9.47 Å². The van der Waals surface area contributed by atoms with Crippen molar-refractivity contribution in [2.45, 2.75) is 26.4 Å². The van der Waals surface area contributed by atoms with Gasteiger partial charge in [0.1, 0.15) is 0 Å². The molecule has 0 bridgehead atoms. The Balaban J connectivity index is 2.05. The molecule has 5 heteroatoms. The molecule has 1 unspecified atom stereocenters. The Bertz CT molecular complexity index is 378. The van der Waals surface area contributed by atoms with E-state index in [1.807, 2.05) is 20.9 Å². The van der Waals surface area contributed by atoms with E-state index in [9.17, 15) is 0 Å². The van der Waals surface area contributed by atoms with Crippen LogP contribution in [-0.4, -0.2) is 42.9 Å². The molecule has 1 atom stereocenters. The largest absolute Gasteiger partial charge is 0.472 e. The summed E-state index contributed by atoms with van der Waals surface area (Å²) >= 11 is 0. The quantitative estimate of drug-likeness (QED) is 0.797. The molecular weight excluding hydrogens is 230 g/mol. The minimum atomic E-state index is 0.101. The Morgan fingerprint density at radius 3 is 2.89 bits per heavy atom. The molecule has 1 aromatic heterocycles. The van der Waals surface area contributed by atoms with Gasteiger partial charge in [0.15, 0.2) is 5.82 Å². The van der Waals surface area contributed by atoms with Crippen LogP contribution in [0.5, 0.6) is 5.88 Å². The lowest BCUT2D eigenvalue weighted by Gasteiger charge is -2.23.